The summed E-state index contributed by atoms with van der Waals surface area (Å²) in [7, 11) is 0. The van der Waals surface area contributed by atoms with Crippen LogP contribution in [0.1, 0.15) is 5.56 Å². The molecule has 0 bridgehead atoms. The van der Waals surface area contributed by atoms with Gasteiger partial charge in [-0.15, -0.1) is 0 Å². The number of benzene rings is 1. The minimum absolute atomic E-state index is 0.00852. The van der Waals surface area contributed by atoms with Crippen LogP contribution < -0.4 is 11.4 Å². The summed E-state index contributed by atoms with van der Waals surface area (Å²) in [5.41, 5.74) is 6.98. The van der Waals surface area contributed by atoms with Gasteiger partial charge in [0.1, 0.15) is 11.3 Å². The number of hydrogen-bond donors (Lipinski definition) is 2. The number of amides is 1. The second-order valence-electron chi connectivity index (χ2n) is 4.30. The molecule has 0 atom stereocenters. The van der Waals surface area contributed by atoms with Gasteiger partial charge < -0.3 is 10.2 Å². The number of nitrogens with two attached hydrogens (primary N) is 1. The molecule has 0 radical (unpaired) electrons. The van der Waals surface area contributed by atoms with E-state index in [0.717, 1.165) is 5.56 Å². The molecule has 0 unspecified atom stereocenters. The van der Waals surface area contributed by atoms with Crippen LogP contribution in [0.3, 0.4) is 0 Å². The van der Waals surface area contributed by atoms with Crippen LogP contribution in [0.4, 0.5) is 0 Å². The number of H-pyrrole nitrogens is 1. The summed E-state index contributed by atoms with van der Waals surface area (Å²) in [4.78, 5) is 22.6. The number of fused-ring (bicyclic) bond motifs is 1. The van der Waals surface area contributed by atoms with Crippen molar-refractivity contribution in [2.45, 2.75) is 6.42 Å². The SMILES string of the molecule is NC(=O)Cc1cc(=O)oc2cc(-c3cn[nH]n3)ccc12. The number of primary amides is 1. The van der Waals surface area contributed by atoms with Gasteiger partial charge in [-0.1, -0.05) is 12.1 Å². The predicted octanol–water partition coefficient (Wildman–Crippen LogP) is 0.606. The van der Waals surface area contributed by atoms with E-state index in [-0.39, 0.29) is 6.42 Å². The molecular formula is C13H10N4O3. The fourth-order valence-corrected chi connectivity index (χ4v) is 2.06. The largest absolute Gasteiger partial charge is 0.423 e. The second kappa shape index (κ2) is 4.61. The number of nitrogens with one attached hydrogen (secondary N) is 1. The normalized spacial score (nSPS) is 10.8. The fourth-order valence-electron chi connectivity index (χ4n) is 2.06. The van der Waals surface area contributed by atoms with Gasteiger partial charge in [-0.05, 0) is 11.6 Å². The first-order valence-electron chi connectivity index (χ1n) is 5.85. The maximum absolute atomic E-state index is 11.5. The van der Waals surface area contributed by atoms with E-state index in [0.29, 0.717) is 22.2 Å². The van der Waals surface area contributed by atoms with E-state index < -0.39 is 11.5 Å². The van der Waals surface area contributed by atoms with Crippen molar-refractivity contribution >= 4 is 16.9 Å². The summed E-state index contributed by atoms with van der Waals surface area (Å²) >= 11 is 0. The van der Waals surface area contributed by atoms with Crippen LogP contribution in [0.5, 0.6) is 0 Å². The lowest BCUT2D eigenvalue weighted by Crippen LogP contribution is -2.15. The molecule has 7 heteroatoms. The van der Waals surface area contributed by atoms with Gasteiger partial charge in [0.15, 0.2) is 0 Å². The van der Waals surface area contributed by atoms with Crippen molar-refractivity contribution in [3.05, 3.63) is 46.4 Å². The molecule has 0 saturated carbocycles. The lowest BCUT2D eigenvalue weighted by molar-refractivity contribution is -0.117. The van der Waals surface area contributed by atoms with Crippen molar-refractivity contribution in [1.82, 2.24) is 15.4 Å². The Balaban J connectivity index is 2.20. The molecule has 3 rings (SSSR count). The molecule has 2 aromatic heterocycles. The lowest BCUT2D eigenvalue weighted by atomic mass is 10.0. The third-order valence-corrected chi connectivity index (χ3v) is 2.91. The van der Waals surface area contributed by atoms with Crippen LogP contribution in [-0.2, 0) is 11.2 Å². The molecule has 0 saturated heterocycles. The van der Waals surface area contributed by atoms with Crippen LogP contribution in [0, 0.1) is 0 Å². The van der Waals surface area contributed by atoms with Crippen LogP contribution >= 0.6 is 0 Å². The van der Waals surface area contributed by atoms with Gasteiger partial charge in [-0.25, -0.2) is 4.79 Å². The molecule has 20 heavy (non-hydrogen) atoms. The molecular weight excluding hydrogens is 260 g/mol. The molecule has 1 aromatic carbocycles. The van der Waals surface area contributed by atoms with Crippen LogP contribution in [0.2, 0.25) is 0 Å². The Kier molecular flexibility index (Phi) is 2.79. The Morgan fingerprint density at radius 1 is 1.35 bits per heavy atom. The quantitative estimate of drug-likeness (QED) is 0.676. The van der Waals surface area contributed by atoms with Gasteiger partial charge in [0.05, 0.1) is 12.6 Å². The van der Waals surface area contributed by atoms with Gasteiger partial charge in [0.25, 0.3) is 0 Å². The maximum Gasteiger partial charge on any atom is 0.336 e. The van der Waals surface area contributed by atoms with Crippen molar-refractivity contribution in [2.75, 3.05) is 0 Å². The van der Waals surface area contributed by atoms with E-state index in [1.54, 1.807) is 18.3 Å². The van der Waals surface area contributed by atoms with Gasteiger partial charge >= 0.3 is 5.63 Å². The average molecular weight is 270 g/mol. The first-order chi connectivity index (χ1) is 9.63. The zero-order valence-corrected chi connectivity index (χ0v) is 10.3. The molecule has 1 amide bonds. The highest BCUT2D eigenvalue weighted by atomic mass is 16.4. The topological polar surface area (TPSA) is 115 Å². The highest BCUT2D eigenvalue weighted by molar-refractivity contribution is 5.88. The van der Waals surface area contributed by atoms with Crippen molar-refractivity contribution in [3.8, 4) is 11.3 Å². The molecule has 100 valence electrons. The van der Waals surface area contributed by atoms with E-state index in [9.17, 15) is 9.59 Å². The number of carbonyl (C=O) groups excluding carboxylic acids is 1. The number of carbonyl (C=O) groups is 1. The maximum atomic E-state index is 11.5. The van der Waals surface area contributed by atoms with E-state index in [1.165, 1.54) is 6.07 Å². The number of aromatic nitrogens is 3. The van der Waals surface area contributed by atoms with Gasteiger partial charge in [0, 0.05) is 17.0 Å². The summed E-state index contributed by atoms with van der Waals surface area (Å²) in [5, 5.41) is 10.9. The third kappa shape index (κ3) is 2.16. The Hall–Kier alpha value is -2.96. The lowest BCUT2D eigenvalue weighted by Gasteiger charge is -2.04. The molecule has 0 fully saturated rings. The third-order valence-electron chi connectivity index (χ3n) is 2.91. The zero-order valence-electron chi connectivity index (χ0n) is 10.3. The van der Waals surface area contributed by atoms with Gasteiger partial charge in [-0.2, -0.15) is 15.4 Å². The first-order valence-corrected chi connectivity index (χ1v) is 5.85. The standard InChI is InChI=1S/C13H10N4O3/c14-12(18)4-8-5-13(19)20-11-3-7(1-2-9(8)11)10-6-15-17-16-10/h1-3,5-6H,4H2,(H2,14,18)(H,15,16,17). The van der Waals surface area contributed by atoms with Gasteiger partial charge in [0.2, 0.25) is 5.91 Å². The van der Waals surface area contributed by atoms with Crippen molar-refractivity contribution in [2.24, 2.45) is 5.73 Å². The Bertz CT molecular complexity index is 836. The first kappa shape index (κ1) is 12.1. The van der Waals surface area contributed by atoms with E-state index in [1.807, 2.05) is 6.07 Å². The summed E-state index contributed by atoms with van der Waals surface area (Å²) in [6.07, 6.45) is 1.55. The minimum Gasteiger partial charge on any atom is -0.423 e. The zero-order chi connectivity index (χ0) is 14.1. The van der Waals surface area contributed by atoms with Crippen LogP contribution in [-0.4, -0.2) is 21.3 Å². The average Bonchev–Trinajstić information content (AvgIpc) is 2.90. The fraction of sp³-hybridized carbons (Fsp3) is 0.0769. The summed E-state index contributed by atoms with van der Waals surface area (Å²) in [5.74, 6) is -0.502. The Morgan fingerprint density at radius 3 is 2.90 bits per heavy atom. The summed E-state index contributed by atoms with van der Waals surface area (Å²) < 4.78 is 5.16. The van der Waals surface area contributed by atoms with Crippen LogP contribution in [0.25, 0.3) is 22.2 Å². The van der Waals surface area contributed by atoms with Crippen molar-refractivity contribution in [3.63, 3.8) is 0 Å². The smallest absolute Gasteiger partial charge is 0.336 e. The van der Waals surface area contributed by atoms with Crippen molar-refractivity contribution < 1.29 is 9.21 Å². The van der Waals surface area contributed by atoms with Crippen molar-refractivity contribution in [1.29, 1.82) is 0 Å². The molecule has 7 nitrogen and oxygen atoms in total. The Labute approximate surface area is 112 Å². The number of aromatic amines is 1. The molecule has 2 heterocycles. The van der Waals surface area contributed by atoms with E-state index in [4.69, 9.17) is 10.2 Å². The van der Waals surface area contributed by atoms with Gasteiger partial charge in [-0.3, -0.25) is 4.79 Å². The molecule has 0 spiro atoms. The summed E-state index contributed by atoms with van der Waals surface area (Å²) in [6.45, 7) is 0. The number of rotatable bonds is 3. The molecule has 0 aliphatic heterocycles. The highest BCUT2D eigenvalue weighted by Crippen LogP contribution is 2.24. The van der Waals surface area contributed by atoms with Crippen LogP contribution in [0.15, 0.2) is 39.7 Å². The predicted molar refractivity (Wildman–Crippen MR) is 70.8 cm³/mol. The molecule has 3 N–H and O–H groups in total. The van der Waals surface area contributed by atoms with E-state index >= 15 is 0 Å². The highest BCUT2D eigenvalue weighted by Gasteiger charge is 2.10. The molecule has 0 aliphatic rings. The number of nitrogens with zero attached hydrogens (tertiary/aromatic N) is 2. The minimum atomic E-state index is -0.522. The molecule has 0 aliphatic carbocycles. The number of hydrogen-bond acceptors (Lipinski definition) is 5. The second-order valence-corrected chi connectivity index (χ2v) is 4.30. The monoisotopic (exact) mass is 270 g/mol. The Morgan fingerprint density at radius 2 is 2.20 bits per heavy atom. The molecule has 3 aromatic rings. The van der Waals surface area contributed by atoms with E-state index in [2.05, 4.69) is 15.4 Å². The summed E-state index contributed by atoms with van der Waals surface area (Å²) in [6, 6.07) is 6.53.